The smallest absolute Gasteiger partial charge is 0.261 e. The first kappa shape index (κ1) is 19.9. The van der Waals surface area contributed by atoms with Gasteiger partial charge in [0.2, 0.25) is 0 Å². The molecule has 0 saturated heterocycles. The number of hydrogen-bond acceptors (Lipinski definition) is 4. The second-order valence-corrected chi connectivity index (χ2v) is 7.78. The fraction of sp³-hybridized carbons (Fsp3) is 0.429. The molecule has 0 radical (unpaired) electrons. The second-order valence-electron chi connectivity index (χ2n) is 6.87. The highest BCUT2D eigenvalue weighted by Gasteiger charge is 2.17. The number of fused-ring (bicyclic) bond motifs is 1. The predicted molar refractivity (Wildman–Crippen MR) is 110 cm³/mol. The number of ether oxygens (including phenoxy) is 1. The summed E-state index contributed by atoms with van der Waals surface area (Å²) < 4.78 is 26.1. The first-order valence-corrected chi connectivity index (χ1v) is 10.6. The standard InChI is InChI=1S/C21H28N2O3S/c1-3-4-5-15-25-27(24)22-18-9-11-19(12-10-18)26-21-8-6-7-17-16-23(2)14-13-20(17)21/h6-12,22H,3-5,13-16H2,1-2H3. The van der Waals surface area contributed by atoms with Gasteiger partial charge in [-0.25, -0.2) is 4.21 Å². The number of anilines is 1. The Morgan fingerprint density at radius 1 is 1.15 bits per heavy atom. The van der Waals surface area contributed by atoms with Crippen molar-refractivity contribution in [2.24, 2.45) is 0 Å². The van der Waals surface area contributed by atoms with Crippen molar-refractivity contribution in [3.05, 3.63) is 53.6 Å². The Bertz CT molecular complexity index is 765. The molecule has 1 atom stereocenters. The largest absolute Gasteiger partial charge is 0.457 e. The summed E-state index contributed by atoms with van der Waals surface area (Å²) in [6, 6.07) is 13.7. The molecule has 146 valence electrons. The quantitative estimate of drug-likeness (QED) is 0.635. The van der Waals surface area contributed by atoms with Crippen LogP contribution < -0.4 is 9.46 Å². The number of hydrogen-bond donors (Lipinski definition) is 1. The molecule has 6 heteroatoms. The van der Waals surface area contributed by atoms with Gasteiger partial charge in [-0.3, -0.25) is 8.91 Å². The molecular weight excluding hydrogens is 360 g/mol. The fourth-order valence-electron chi connectivity index (χ4n) is 3.14. The van der Waals surface area contributed by atoms with Crippen molar-refractivity contribution >= 4 is 17.0 Å². The molecule has 0 bridgehead atoms. The summed E-state index contributed by atoms with van der Waals surface area (Å²) in [4.78, 5) is 2.32. The van der Waals surface area contributed by atoms with Crippen molar-refractivity contribution in [2.75, 3.05) is 24.9 Å². The predicted octanol–water partition coefficient (Wildman–Crippen LogP) is 4.66. The van der Waals surface area contributed by atoms with Gasteiger partial charge < -0.3 is 9.64 Å². The maximum Gasteiger partial charge on any atom is 0.261 e. The lowest BCUT2D eigenvalue weighted by molar-refractivity contribution is 0.309. The van der Waals surface area contributed by atoms with Gasteiger partial charge in [0.1, 0.15) is 11.5 Å². The van der Waals surface area contributed by atoms with Crippen LogP contribution in [-0.4, -0.2) is 29.3 Å². The van der Waals surface area contributed by atoms with E-state index >= 15 is 0 Å². The van der Waals surface area contributed by atoms with E-state index in [0.29, 0.717) is 6.61 Å². The van der Waals surface area contributed by atoms with Crippen LogP contribution in [0.5, 0.6) is 11.5 Å². The van der Waals surface area contributed by atoms with Crippen LogP contribution in [0.25, 0.3) is 0 Å². The third kappa shape index (κ3) is 5.79. The monoisotopic (exact) mass is 388 g/mol. The SMILES string of the molecule is CCCCCOS(=O)Nc1ccc(Oc2cccc3c2CCN(C)C3)cc1. The zero-order chi connectivity index (χ0) is 19.1. The molecule has 1 unspecified atom stereocenters. The van der Waals surface area contributed by atoms with Gasteiger partial charge in [0.25, 0.3) is 11.3 Å². The topological polar surface area (TPSA) is 50.8 Å². The third-order valence-corrected chi connectivity index (χ3v) is 5.42. The molecule has 0 saturated carbocycles. The summed E-state index contributed by atoms with van der Waals surface area (Å²) in [5.41, 5.74) is 3.36. The van der Waals surface area contributed by atoms with Crippen molar-refractivity contribution in [2.45, 2.75) is 39.2 Å². The van der Waals surface area contributed by atoms with Gasteiger partial charge in [-0.2, -0.15) is 0 Å². The van der Waals surface area contributed by atoms with E-state index in [1.165, 1.54) is 11.1 Å². The third-order valence-electron chi connectivity index (χ3n) is 4.64. The van der Waals surface area contributed by atoms with Gasteiger partial charge in [-0.1, -0.05) is 31.9 Å². The van der Waals surface area contributed by atoms with E-state index in [4.69, 9.17) is 8.92 Å². The number of nitrogens with zero attached hydrogens (tertiary/aromatic N) is 1. The lowest BCUT2D eigenvalue weighted by Crippen LogP contribution is -2.26. The molecule has 0 fully saturated rings. The number of likely N-dealkylation sites (N-methyl/N-ethyl adjacent to an activating group) is 1. The number of unbranched alkanes of at least 4 members (excludes halogenated alkanes) is 2. The number of benzene rings is 2. The molecule has 2 aromatic rings. The minimum Gasteiger partial charge on any atom is -0.457 e. The highest BCUT2D eigenvalue weighted by molar-refractivity contribution is 7.81. The summed E-state index contributed by atoms with van der Waals surface area (Å²) in [6.07, 6.45) is 4.12. The minimum atomic E-state index is -1.52. The lowest BCUT2D eigenvalue weighted by Gasteiger charge is -2.26. The molecular formula is C21H28N2O3S. The summed E-state index contributed by atoms with van der Waals surface area (Å²) >= 11 is -1.52. The number of nitrogens with one attached hydrogen (secondary N) is 1. The Kier molecular flexibility index (Phi) is 7.26. The molecule has 0 amide bonds. The molecule has 0 spiro atoms. The van der Waals surface area contributed by atoms with E-state index in [-0.39, 0.29) is 0 Å². The molecule has 0 aromatic heterocycles. The average Bonchev–Trinajstić information content (AvgIpc) is 2.67. The van der Waals surface area contributed by atoms with Gasteiger partial charge in [-0.15, -0.1) is 0 Å². The Morgan fingerprint density at radius 2 is 1.96 bits per heavy atom. The van der Waals surface area contributed by atoms with Crippen LogP contribution in [0.15, 0.2) is 42.5 Å². The van der Waals surface area contributed by atoms with Crippen LogP contribution in [0.2, 0.25) is 0 Å². The molecule has 3 rings (SSSR count). The molecule has 1 heterocycles. The van der Waals surface area contributed by atoms with E-state index in [0.717, 1.165) is 56.0 Å². The summed E-state index contributed by atoms with van der Waals surface area (Å²) in [6.45, 7) is 4.63. The molecule has 27 heavy (non-hydrogen) atoms. The van der Waals surface area contributed by atoms with Gasteiger partial charge in [0.15, 0.2) is 0 Å². The van der Waals surface area contributed by atoms with Crippen LogP contribution in [0, 0.1) is 0 Å². The molecule has 5 nitrogen and oxygen atoms in total. The van der Waals surface area contributed by atoms with Crippen LogP contribution in [0.4, 0.5) is 5.69 Å². The van der Waals surface area contributed by atoms with Crippen molar-refractivity contribution < 1.29 is 13.1 Å². The van der Waals surface area contributed by atoms with Gasteiger partial charge in [0, 0.05) is 24.3 Å². The van der Waals surface area contributed by atoms with Crippen LogP contribution in [0.1, 0.15) is 37.3 Å². The molecule has 2 aromatic carbocycles. The molecule has 1 aliphatic heterocycles. The maximum absolute atomic E-state index is 11.9. The maximum atomic E-state index is 11.9. The van der Waals surface area contributed by atoms with Gasteiger partial charge in [0.05, 0.1) is 6.61 Å². The van der Waals surface area contributed by atoms with Gasteiger partial charge in [-0.05, 0) is 55.8 Å². The van der Waals surface area contributed by atoms with E-state index in [9.17, 15) is 4.21 Å². The molecule has 0 aliphatic carbocycles. The highest BCUT2D eigenvalue weighted by Crippen LogP contribution is 2.31. The normalized spacial score (nSPS) is 15.2. The Labute approximate surface area is 164 Å². The summed E-state index contributed by atoms with van der Waals surface area (Å²) in [7, 11) is 2.14. The first-order valence-electron chi connectivity index (χ1n) is 9.54. The zero-order valence-corrected chi connectivity index (χ0v) is 16.9. The minimum absolute atomic E-state index is 0.503. The van der Waals surface area contributed by atoms with Crippen molar-refractivity contribution in [1.82, 2.24) is 4.90 Å². The Hall–Kier alpha value is -1.89. The van der Waals surface area contributed by atoms with Crippen LogP contribution in [-0.2, 0) is 28.4 Å². The molecule has 1 N–H and O–H groups in total. The zero-order valence-electron chi connectivity index (χ0n) is 16.1. The fourth-order valence-corrected chi connectivity index (χ4v) is 3.80. The molecule has 1 aliphatic rings. The van der Waals surface area contributed by atoms with Crippen molar-refractivity contribution in [3.63, 3.8) is 0 Å². The van der Waals surface area contributed by atoms with E-state index in [2.05, 4.69) is 29.7 Å². The highest BCUT2D eigenvalue weighted by atomic mass is 32.2. The second kappa shape index (κ2) is 9.88. The first-order chi connectivity index (χ1) is 13.2. The van der Waals surface area contributed by atoms with E-state index < -0.39 is 11.3 Å². The summed E-state index contributed by atoms with van der Waals surface area (Å²) in [5, 5.41) is 0. The average molecular weight is 389 g/mol. The Morgan fingerprint density at radius 3 is 2.74 bits per heavy atom. The van der Waals surface area contributed by atoms with Crippen LogP contribution >= 0.6 is 0 Å². The van der Waals surface area contributed by atoms with Crippen molar-refractivity contribution in [3.8, 4) is 11.5 Å². The summed E-state index contributed by atoms with van der Waals surface area (Å²) in [5.74, 6) is 1.69. The van der Waals surface area contributed by atoms with Crippen LogP contribution in [0.3, 0.4) is 0 Å². The van der Waals surface area contributed by atoms with Crippen molar-refractivity contribution in [1.29, 1.82) is 0 Å². The Balaban J connectivity index is 1.57. The van der Waals surface area contributed by atoms with Gasteiger partial charge >= 0.3 is 0 Å². The van der Waals surface area contributed by atoms with E-state index in [1.54, 1.807) is 0 Å². The van der Waals surface area contributed by atoms with E-state index in [1.807, 2.05) is 36.4 Å². The lowest BCUT2D eigenvalue weighted by atomic mass is 9.99. The number of rotatable bonds is 9.